The third-order valence-corrected chi connectivity index (χ3v) is 5.44. The Morgan fingerprint density at radius 2 is 1.78 bits per heavy atom. The Labute approximate surface area is 158 Å². The zero-order valence-electron chi connectivity index (χ0n) is 12.9. The highest BCUT2D eigenvalue weighted by molar-refractivity contribution is 9.10. The van der Waals surface area contributed by atoms with Crippen LogP contribution in [0.15, 0.2) is 16.6 Å². The van der Waals surface area contributed by atoms with Crippen molar-refractivity contribution < 1.29 is 9.50 Å². The quantitative estimate of drug-likeness (QED) is 0.752. The summed E-state index contributed by atoms with van der Waals surface area (Å²) in [5.41, 5.74) is 0.484. The van der Waals surface area contributed by atoms with Crippen LogP contribution in [0.1, 0.15) is 37.3 Å². The zero-order valence-corrected chi connectivity index (χ0v) is 16.2. The van der Waals surface area contributed by atoms with E-state index in [1.807, 2.05) is 0 Å². The highest BCUT2D eigenvalue weighted by atomic mass is 79.9. The van der Waals surface area contributed by atoms with Gasteiger partial charge in [0.05, 0.1) is 4.47 Å². The molecule has 7 heteroatoms. The Hall–Kier alpha value is -0.0700. The molecule has 2 aliphatic rings. The minimum absolute atomic E-state index is 0. The fourth-order valence-corrected chi connectivity index (χ4v) is 4.13. The van der Waals surface area contributed by atoms with Gasteiger partial charge in [-0.3, -0.25) is 4.90 Å². The number of aromatic hydroxyl groups is 1. The normalized spacial score (nSPS) is 20.6. The smallest absolute Gasteiger partial charge is 0.137 e. The fourth-order valence-electron chi connectivity index (χ4n) is 3.79. The molecule has 0 radical (unpaired) electrons. The van der Waals surface area contributed by atoms with Crippen LogP contribution in [0.25, 0.3) is 0 Å². The van der Waals surface area contributed by atoms with Gasteiger partial charge in [0.1, 0.15) is 11.6 Å². The molecule has 1 heterocycles. The third kappa shape index (κ3) is 4.51. The molecule has 0 unspecified atom stereocenters. The standard InChI is InChI=1S/C16H22BrFN2O.2ClH/c17-12-5-6-13(18)14(16(12)21)15(11-3-1-2-4-11)20-9-7-19-8-10-20;;/h5-6,11,15,19,21H,1-4,7-10H2;2*1H/t15-;;/m0../s1. The van der Waals surface area contributed by atoms with Crippen LogP contribution in [0.4, 0.5) is 4.39 Å². The molecule has 3 nitrogen and oxygen atoms in total. The molecule has 1 atom stereocenters. The SMILES string of the molecule is Cl.Cl.Oc1c(Br)ccc(F)c1[C@H](C1CCCC1)N1CCNCC1. The average molecular weight is 430 g/mol. The predicted molar refractivity (Wildman–Crippen MR) is 99.4 cm³/mol. The summed E-state index contributed by atoms with van der Waals surface area (Å²) in [4.78, 5) is 2.34. The van der Waals surface area contributed by atoms with E-state index in [9.17, 15) is 9.50 Å². The van der Waals surface area contributed by atoms with Gasteiger partial charge in [-0.15, -0.1) is 24.8 Å². The Kier molecular flexibility index (Phi) is 8.59. The van der Waals surface area contributed by atoms with Gasteiger partial charge in [-0.25, -0.2) is 4.39 Å². The van der Waals surface area contributed by atoms with Crippen molar-refractivity contribution in [2.45, 2.75) is 31.7 Å². The number of phenolic OH excluding ortho intramolecular Hbond substituents is 1. The highest BCUT2D eigenvalue weighted by Crippen LogP contribution is 2.45. The molecule has 1 aliphatic carbocycles. The van der Waals surface area contributed by atoms with Gasteiger partial charge in [0.15, 0.2) is 0 Å². The molecular formula is C16H24BrCl2FN2O. The van der Waals surface area contributed by atoms with E-state index in [1.54, 1.807) is 6.07 Å². The summed E-state index contributed by atoms with van der Waals surface area (Å²) in [6.45, 7) is 3.68. The molecule has 1 aliphatic heterocycles. The zero-order chi connectivity index (χ0) is 14.8. The topological polar surface area (TPSA) is 35.5 Å². The second kappa shape index (κ2) is 9.42. The molecule has 1 aromatic rings. The molecule has 1 saturated heterocycles. The molecule has 0 spiro atoms. The van der Waals surface area contributed by atoms with Crippen LogP contribution in [0, 0.1) is 11.7 Å². The van der Waals surface area contributed by atoms with Crippen LogP contribution in [0.5, 0.6) is 5.75 Å². The first-order chi connectivity index (χ1) is 10.2. The van der Waals surface area contributed by atoms with Crippen LogP contribution >= 0.6 is 40.7 Å². The molecule has 1 saturated carbocycles. The lowest BCUT2D eigenvalue weighted by Crippen LogP contribution is -2.47. The van der Waals surface area contributed by atoms with Gasteiger partial charge in [-0.05, 0) is 46.8 Å². The van der Waals surface area contributed by atoms with Crippen molar-refractivity contribution in [1.29, 1.82) is 0 Å². The Balaban J connectivity index is 0.00000132. The van der Waals surface area contributed by atoms with Crippen LogP contribution in [0.3, 0.4) is 0 Å². The number of benzene rings is 1. The summed E-state index contributed by atoms with van der Waals surface area (Å²) in [5, 5.41) is 13.8. The minimum atomic E-state index is -0.286. The van der Waals surface area contributed by atoms with Crippen LogP contribution in [-0.4, -0.2) is 36.2 Å². The maximum Gasteiger partial charge on any atom is 0.137 e. The first kappa shape index (κ1) is 21.0. The van der Waals surface area contributed by atoms with Gasteiger partial charge in [0, 0.05) is 37.8 Å². The number of piperazine rings is 1. The molecule has 132 valence electrons. The van der Waals surface area contributed by atoms with Gasteiger partial charge in [-0.1, -0.05) is 12.8 Å². The van der Waals surface area contributed by atoms with E-state index in [2.05, 4.69) is 26.1 Å². The third-order valence-electron chi connectivity index (χ3n) is 4.80. The van der Waals surface area contributed by atoms with E-state index in [1.165, 1.54) is 18.9 Å². The monoisotopic (exact) mass is 428 g/mol. The number of nitrogens with zero attached hydrogens (tertiary/aromatic N) is 1. The van der Waals surface area contributed by atoms with Crippen LogP contribution < -0.4 is 5.32 Å². The van der Waals surface area contributed by atoms with Gasteiger partial charge >= 0.3 is 0 Å². The Bertz CT molecular complexity index is 509. The van der Waals surface area contributed by atoms with Crippen molar-refractivity contribution in [3.63, 3.8) is 0 Å². The van der Waals surface area contributed by atoms with Crippen molar-refractivity contribution in [1.82, 2.24) is 10.2 Å². The van der Waals surface area contributed by atoms with Gasteiger partial charge in [0.2, 0.25) is 0 Å². The molecule has 23 heavy (non-hydrogen) atoms. The number of hydrogen-bond acceptors (Lipinski definition) is 3. The van der Waals surface area contributed by atoms with E-state index < -0.39 is 0 Å². The Morgan fingerprint density at radius 3 is 2.39 bits per heavy atom. The summed E-state index contributed by atoms with van der Waals surface area (Å²) < 4.78 is 15.0. The summed E-state index contributed by atoms with van der Waals surface area (Å²) in [6, 6.07) is 3.04. The first-order valence-corrected chi connectivity index (χ1v) is 8.59. The van der Waals surface area contributed by atoms with Gasteiger partial charge < -0.3 is 10.4 Å². The number of phenols is 1. The van der Waals surface area contributed by atoms with Crippen molar-refractivity contribution in [2.24, 2.45) is 5.92 Å². The molecule has 3 rings (SSSR count). The van der Waals surface area contributed by atoms with Crippen LogP contribution in [-0.2, 0) is 0 Å². The lowest BCUT2D eigenvalue weighted by Gasteiger charge is -2.39. The average Bonchev–Trinajstić information content (AvgIpc) is 3.02. The number of nitrogens with one attached hydrogen (secondary N) is 1. The number of halogens is 4. The highest BCUT2D eigenvalue weighted by Gasteiger charge is 2.35. The first-order valence-electron chi connectivity index (χ1n) is 7.80. The summed E-state index contributed by atoms with van der Waals surface area (Å²) in [6.07, 6.45) is 4.67. The summed E-state index contributed by atoms with van der Waals surface area (Å²) in [7, 11) is 0. The lowest BCUT2D eigenvalue weighted by atomic mass is 9.88. The molecule has 2 fully saturated rings. The van der Waals surface area contributed by atoms with E-state index in [0.29, 0.717) is 16.0 Å². The van der Waals surface area contributed by atoms with Gasteiger partial charge in [-0.2, -0.15) is 0 Å². The van der Waals surface area contributed by atoms with Crippen LogP contribution in [0.2, 0.25) is 0 Å². The predicted octanol–water partition coefficient (Wildman–Crippen LogP) is 4.27. The molecule has 2 N–H and O–H groups in total. The number of rotatable bonds is 3. The van der Waals surface area contributed by atoms with Crippen molar-refractivity contribution >= 4 is 40.7 Å². The van der Waals surface area contributed by atoms with Crippen molar-refractivity contribution in [3.05, 3.63) is 28.0 Å². The number of hydrogen-bond donors (Lipinski definition) is 2. The molecule has 1 aromatic carbocycles. The van der Waals surface area contributed by atoms with E-state index in [4.69, 9.17) is 0 Å². The van der Waals surface area contributed by atoms with E-state index in [0.717, 1.165) is 39.0 Å². The largest absolute Gasteiger partial charge is 0.506 e. The molecule has 0 amide bonds. The fraction of sp³-hybridized carbons (Fsp3) is 0.625. The second-order valence-corrected chi connectivity index (χ2v) is 6.92. The molecular weight excluding hydrogens is 406 g/mol. The molecule has 0 aromatic heterocycles. The van der Waals surface area contributed by atoms with E-state index in [-0.39, 0.29) is 42.4 Å². The van der Waals surface area contributed by atoms with Crippen molar-refractivity contribution in [2.75, 3.05) is 26.2 Å². The van der Waals surface area contributed by atoms with Gasteiger partial charge in [0.25, 0.3) is 0 Å². The second-order valence-electron chi connectivity index (χ2n) is 6.07. The summed E-state index contributed by atoms with van der Waals surface area (Å²) in [5.74, 6) is 0.231. The lowest BCUT2D eigenvalue weighted by molar-refractivity contribution is 0.120. The summed E-state index contributed by atoms with van der Waals surface area (Å²) >= 11 is 3.33. The Morgan fingerprint density at radius 1 is 1.17 bits per heavy atom. The van der Waals surface area contributed by atoms with Crippen molar-refractivity contribution in [3.8, 4) is 5.75 Å². The minimum Gasteiger partial charge on any atom is -0.506 e. The maximum absolute atomic E-state index is 14.5. The maximum atomic E-state index is 14.5. The molecule has 0 bridgehead atoms. The van der Waals surface area contributed by atoms with E-state index >= 15 is 0 Å².